The monoisotopic (exact) mass is 358 g/mol. The molecule has 6 heteroatoms. The summed E-state index contributed by atoms with van der Waals surface area (Å²) < 4.78 is 16.5. The van der Waals surface area contributed by atoms with Crippen molar-refractivity contribution >= 4 is 28.2 Å². The number of halogens is 1. The molecule has 0 radical (unpaired) electrons. The molecule has 1 atom stereocenters. The van der Waals surface area contributed by atoms with Crippen molar-refractivity contribution in [1.82, 2.24) is 0 Å². The van der Waals surface area contributed by atoms with Crippen LogP contribution in [0.1, 0.15) is 37.0 Å². The minimum Gasteiger partial charge on any atom is -0.493 e. The molecule has 0 N–H and O–H groups in total. The Labute approximate surface area is 132 Å². The van der Waals surface area contributed by atoms with Gasteiger partial charge in [0.2, 0.25) is 0 Å². The molecule has 1 aromatic rings. The van der Waals surface area contributed by atoms with Crippen LogP contribution in [0.15, 0.2) is 16.6 Å². The van der Waals surface area contributed by atoms with Crippen molar-refractivity contribution in [3.05, 3.63) is 22.2 Å². The molecule has 0 aliphatic heterocycles. The molecule has 0 spiro atoms. The van der Waals surface area contributed by atoms with Gasteiger partial charge in [0.15, 0.2) is 17.6 Å². The van der Waals surface area contributed by atoms with Crippen molar-refractivity contribution < 1.29 is 23.8 Å². The topological polar surface area (TPSA) is 61.8 Å². The molecule has 0 fully saturated rings. The van der Waals surface area contributed by atoms with E-state index in [4.69, 9.17) is 14.2 Å². The van der Waals surface area contributed by atoms with Gasteiger partial charge in [0.25, 0.3) is 0 Å². The van der Waals surface area contributed by atoms with Crippen molar-refractivity contribution in [3.63, 3.8) is 0 Å². The van der Waals surface area contributed by atoms with Crippen LogP contribution in [-0.4, -0.2) is 32.1 Å². The van der Waals surface area contributed by atoms with E-state index in [0.29, 0.717) is 40.8 Å². The number of rotatable bonds is 8. The number of esters is 1. The van der Waals surface area contributed by atoms with Crippen molar-refractivity contribution in [2.24, 2.45) is 0 Å². The fourth-order valence-electron chi connectivity index (χ4n) is 1.79. The summed E-state index contributed by atoms with van der Waals surface area (Å²) in [5, 5.41) is 0. The lowest BCUT2D eigenvalue weighted by Gasteiger charge is -2.20. The minimum atomic E-state index is -0.706. The Morgan fingerprint density at radius 1 is 1.38 bits per heavy atom. The maximum absolute atomic E-state index is 11.9. The number of carbonyl (C=O) groups is 2. The van der Waals surface area contributed by atoms with E-state index in [-0.39, 0.29) is 0 Å². The predicted molar refractivity (Wildman–Crippen MR) is 82.0 cm³/mol. The Morgan fingerprint density at radius 3 is 2.62 bits per heavy atom. The average molecular weight is 359 g/mol. The van der Waals surface area contributed by atoms with E-state index in [1.54, 1.807) is 19.1 Å². The van der Waals surface area contributed by atoms with Gasteiger partial charge in [-0.1, -0.05) is 13.3 Å². The standard InChI is InChI=1S/C15H19BrO5/c1-4-6-12(15(18)20-5-2)21-14-11(16)7-10(9-17)8-13(14)19-3/h7-9,12H,4-6H2,1-3H3. The predicted octanol–water partition coefficient (Wildman–Crippen LogP) is 3.38. The normalized spacial score (nSPS) is 11.6. The quantitative estimate of drug-likeness (QED) is 0.526. The van der Waals surface area contributed by atoms with Gasteiger partial charge in [-0.25, -0.2) is 4.79 Å². The van der Waals surface area contributed by atoms with E-state index >= 15 is 0 Å². The summed E-state index contributed by atoms with van der Waals surface area (Å²) in [6.45, 7) is 4.00. The highest BCUT2D eigenvalue weighted by Gasteiger charge is 2.24. The Balaban J connectivity index is 3.07. The van der Waals surface area contributed by atoms with E-state index < -0.39 is 12.1 Å². The molecule has 0 aliphatic rings. The zero-order valence-electron chi connectivity index (χ0n) is 12.3. The third-order valence-electron chi connectivity index (χ3n) is 2.75. The number of methoxy groups -OCH3 is 1. The fourth-order valence-corrected chi connectivity index (χ4v) is 2.34. The van der Waals surface area contributed by atoms with E-state index in [1.807, 2.05) is 6.92 Å². The highest BCUT2D eigenvalue weighted by atomic mass is 79.9. The third kappa shape index (κ3) is 4.74. The first-order chi connectivity index (χ1) is 10.1. The Kier molecular flexibility index (Phi) is 7.22. The number of hydrogen-bond acceptors (Lipinski definition) is 5. The van der Waals surface area contributed by atoms with E-state index in [1.165, 1.54) is 7.11 Å². The van der Waals surface area contributed by atoms with Gasteiger partial charge in [-0.2, -0.15) is 0 Å². The van der Waals surface area contributed by atoms with Gasteiger partial charge in [-0.15, -0.1) is 0 Å². The van der Waals surface area contributed by atoms with Crippen LogP contribution in [0.25, 0.3) is 0 Å². The molecule has 1 rings (SSSR count). The lowest BCUT2D eigenvalue weighted by molar-refractivity contribution is -0.151. The molecule has 1 unspecified atom stereocenters. The summed E-state index contributed by atoms with van der Waals surface area (Å²) in [6.07, 6.45) is 1.31. The molecule has 0 aliphatic carbocycles. The largest absolute Gasteiger partial charge is 0.493 e. The molecular weight excluding hydrogens is 340 g/mol. The van der Waals surface area contributed by atoms with Gasteiger partial charge in [0.1, 0.15) is 6.29 Å². The zero-order valence-corrected chi connectivity index (χ0v) is 13.9. The molecule has 0 amide bonds. The van der Waals surface area contributed by atoms with Crippen LogP contribution in [0.3, 0.4) is 0 Å². The second kappa shape index (κ2) is 8.67. The lowest BCUT2D eigenvalue weighted by Crippen LogP contribution is -2.29. The van der Waals surface area contributed by atoms with E-state index in [0.717, 1.165) is 6.42 Å². The number of hydrogen-bond donors (Lipinski definition) is 0. The van der Waals surface area contributed by atoms with Crippen LogP contribution in [0.2, 0.25) is 0 Å². The molecule has 21 heavy (non-hydrogen) atoms. The second-order valence-electron chi connectivity index (χ2n) is 4.30. The van der Waals surface area contributed by atoms with Crippen LogP contribution in [0, 0.1) is 0 Å². The third-order valence-corrected chi connectivity index (χ3v) is 3.34. The first kappa shape index (κ1) is 17.5. The summed E-state index contributed by atoms with van der Waals surface area (Å²) >= 11 is 3.33. The Bertz CT molecular complexity index is 501. The fraction of sp³-hybridized carbons (Fsp3) is 0.467. The van der Waals surface area contributed by atoms with Crippen LogP contribution in [-0.2, 0) is 9.53 Å². The van der Waals surface area contributed by atoms with E-state index in [9.17, 15) is 9.59 Å². The highest BCUT2D eigenvalue weighted by molar-refractivity contribution is 9.10. The maximum atomic E-state index is 11.9. The van der Waals surface area contributed by atoms with Crippen LogP contribution in [0.4, 0.5) is 0 Å². The van der Waals surface area contributed by atoms with Crippen molar-refractivity contribution in [2.45, 2.75) is 32.8 Å². The van der Waals surface area contributed by atoms with Crippen molar-refractivity contribution in [2.75, 3.05) is 13.7 Å². The molecule has 1 aromatic carbocycles. The van der Waals surface area contributed by atoms with Crippen LogP contribution in [0.5, 0.6) is 11.5 Å². The smallest absolute Gasteiger partial charge is 0.347 e. The lowest BCUT2D eigenvalue weighted by atomic mass is 10.2. The van der Waals surface area contributed by atoms with Gasteiger partial charge in [0, 0.05) is 5.56 Å². The summed E-state index contributed by atoms with van der Waals surface area (Å²) in [4.78, 5) is 22.8. The zero-order chi connectivity index (χ0) is 15.8. The summed E-state index contributed by atoms with van der Waals surface area (Å²) in [7, 11) is 1.47. The molecule has 5 nitrogen and oxygen atoms in total. The van der Waals surface area contributed by atoms with E-state index in [2.05, 4.69) is 15.9 Å². The van der Waals surface area contributed by atoms with Gasteiger partial charge in [-0.05, 0) is 41.4 Å². The number of aldehydes is 1. The van der Waals surface area contributed by atoms with Crippen molar-refractivity contribution in [3.8, 4) is 11.5 Å². The highest BCUT2D eigenvalue weighted by Crippen LogP contribution is 2.37. The summed E-state index contributed by atoms with van der Waals surface area (Å²) in [5.74, 6) is 0.360. The number of benzene rings is 1. The minimum absolute atomic E-state index is 0.296. The molecule has 0 heterocycles. The summed E-state index contributed by atoms with van der Waals surface area (Å²) in [5.41, 5.74) is 0.453. The number of ether oxygens (including phenoxy) is 3. The van der Waals surface area contributed by atoms with Gasteiger partial charge >= 0.3 is 5.97 Å². The van der Waals surface area contributed by atoms with Crippen LogP contribution >= 0.6 is 15.9 Å². The van der Waals surface area contributed by atoms with Gasteiger partial charge in [-0.3, -0.25) is 4.79 Å². The number of carbonyl (C=O) groups excluding carboxylic acids is 2. The van der Waals surface area contributed by atoms with Crippen LogP contribution < -0.4 is 9.47 Å². The van der Waals surface area contributed by atoms with Gasteiger partial charge < -0.3 is 14.2 Å². The maximum Gasteiger partial charge on any atom is 0.347 e. The molecule has 0 aromatic heterocycles. The first-order valence-electron chi connectivity index (χ1n) is 6.73. The molecule has 0 saturated carbocycles. The molecule has 0 bridgehead atoms. The second-order valence-corrected chi connectivity index (χ2v) is 5.15. The molecule has 0 saturated heterocycles. The van der Waals surface area contributed by atoms with Crippen molar-refractivity contribution in [1.29, 1.82) is 0 Å². The SMILES string of the molecule is CCCC(Oc1c(Br)cc(C=O)cc1OC)C(=O)OCC. The average Bonchev–Trinajstić information content (AvgIpc) is 2.48. The molecule has 116 valence electrons. The van der Waals surface area contributed by atoms with Gasteiger partial charge in [0.05, 0.1) is 18.2 Å². The first-order valence-corrected chi connectivity index (χ1v) is 7.52. The molecular formula is C15H19BrO5. The summed E-state index contributed by atoms with van der Waals surface area (Å²) in [6, 6.07) is 3.17. The Hall–Kier alpha value is -1.56. The Morgan fingerprint density at radius 2 is 2.10 bits per heavy atom.